The molecule has 0 fully saturated rings. The third kappa shape index (κ3) is 8.52. The van der Waals surface area contributed by atoms with E-state index < -0.39 is 0 Å². The quantitative estimate of drug-likeness (QED) is 0.323. The lowest BCUT2D eigenvalue weighted by molar-refractivity contribution is -0.281. The van der Waals surface area contributed by atoms with Crippen molar-refractivity contribution in [3.8, 4) is 0 Å². The zero-order chi connectivity index (χ0) is 10.6. The van der Waals surface area contributed by atoms with Gasteiger partial charge in [-0.3, -0.25) is 5.26 Å². The Labute approximate surface area is 88.6 Å². The minimum absolute atomic E-state index is 0.0752. The van der Waals surface area contributed by atoms with Gasteiger partial charge in [-0.15, -0.1) is 0 Å². The first-order chi connectivity index (χ1) is 6.85. The van der Waals surface area contributed by atoms with Gasteiger partial charge in [-0.2, -0.15) is 0 Å². The molecule has 0 aromatic carbocycles. The highest BCUT2D eigenvalue weighted by molar-refractivity contribution is 4.56. The van der Waals surface area contributed by atoms with E-state index in [1.54, 1.807) is 0 Å². The highest BCUT2D eigenvalue weighted by Gasteiger charge is 2.06. The third-order valence-corrected chi connectivity index (χ3v) is 2.64. The SMILES string of the molecule is CCCCCCCCC(CCC)OO. The number of rotatable bonds is 10. The maximum absolute atomic E-state index is 8.60. The summed E-state index contributed by atoms with van der Waals surface area (Å²) < 4.78 is 0. The van der Waals surface area contributed by atoms with Crippen LogP contribution < -0.4 is 0 Å². The lowest BCUT2D eigenvalue weighted by Gasteiger charge is -2.11. The van der Waals surface area contributed by atoms with Crippen molar-refractivity contribution in [1.82, 2.24) is 0 Å². The van der Waals surface area contributed by atoms with Crippen LogP contribution in [0.2, 0.25) is 0 Å². The second kappa shape index (κ2) is 11.0. The highest BCUT2D eigenvalue weighted by Crippen LogP contribution is 2.12. The summed E-state index contributed by atoms with van der Waals surface area (Å²) in [6.45, 7) is 4.35. The molecule has 0 saturated carbocycles. The topological polar surface area (TPSA) is 29.5 Å². The minimum atomic E-state index is 0.0752. The van der Waals surface area contributed by atoms with Crippen molar-refractivity contribution in [2.75, 3.05) is 0 Å². The molecule has 1 unspecified atom stereocenters. The third-order valence-electron chi connectivity index (χ3n) is 2.64. The molecule has 0 aliphatic rings. The summed E-state index contributed by atoms with van der Waals surface area (Å²) in [6, 6.07) is 0. The smallest absolute Gasteiger partial charge is 0.0927 e. The zero-order valence-corrected chi connectivity index (χ0v) is 9.80. The molecule has 0 amide bonds. The molecule has 0 aromatic heterocycles. The van der Waals surface area contributed by atoms with Crippen LogP contribution >= 0.6 is 0 Å². The molecular weight excluding hydrogens is 176 g/mol. The molecule has 2 heteroatoms. The first-order valence-electron chi connectivity index (χ1n) is 6.15. The van der Waals surface area contributed by atoms with Crippen molar-refractivity contribution < 1.29 is 10.1 Å². The van der Waals surface area contributed by atoms with Crippen LogP contribution in [-0.4, -0.2) is 11.4 Å². The lowest BCUT2D eigenvalue weighted by Crippen LogP contribution is -2.09. The Morgan fingerprint density at radius 1 is 0.857 bits per heavy atom. The van der Waals surface area contributed by atoms with Gasteiger partial charge < -0.3 is 0 Å². The van der Waals surface area contributed by atoms with E-state index in [2.05, 4.69) is 18.7 Å². The monoisotopic (exact) mass is 202 g/mol. The Hall–Kier alpha value is -0.0800. The molecule has 14 heavy (non-hydrogen) atoms. The number of hydrogen-bond acceptors (Lipinski definition) is 2. The van der Waals surface area contributed by atoms with Crippen molar-refractivity contribution in [3.63, 3.8) is 0 Å². The van der Waals surface area contributed by atoms with E-state index in [1.807, 2.05) is 0 Å². The van der Waals surface area contributed by atoms with Gasteiger partial charge in [0.05, 0.1) is 6.10 Å². The fourth-order valence-electron chi connectivity index (χ4n) is 1.72. The molecule has 86 valence electrons. The summed E-state index contributed by atoms with van der Waals surface area (Å²) in [5.74, 6) is 0. The van der Waals surface area contributed by atoms with Gasteiger partial charge in [0.15, 0.2) is 0 Å². The van der Waals surface area contributed by atoms with Crippen molar-refractivity contribution in [2.45, 2.75) is 77.7 Å². The molecular formula is C12H26O2. The van der Waals surface area contributed by atoms with E-state index in [4.69, 9.17) is 5.26 Å². The van der Waals surface area contributed by atoms with Gasteiger partial charge in [0, 0.05) is 0 Å². The summed E-state index contributed by atoms with van der Waals surface area (Å²) in [5.41, 5.74) is 0. The molecule has 0 aliphatic carbocycles. The molecule has 0 saturated heterocycles. The molecule has 0 heterocycles. The van der Waals surface area contributed by atoms with Gasteiger partial charge >= 0.3 is 0 Å². The van der Waals surface area contributed by atoms with Crippen LogP contribution in [0.15, 0.2) is 0 Å². The van der Waals surface area contributed by atoms with Crippen molar-refractivity contribution in [3.05, 3.63) is 0 Å². The Morgan fingerprint density at radius 2 is 1.50 bits per heavy atom. The predicted octanol–water partition coefficient (Wildman–Crippen LogP) is 4.40. The average molecular weight is 202 g/mol. The predicted molar refractivity (Wildman–Crippen MR) is 60.4 cm³/mol. The van der Waals surface area contributed by atoms with Crippen LogP contribution in [0, 0.1) is 0 Å². The van der Waals surface area contributed by atoms with Gasteiger partial charge in [-0.05, 0) is 12.8 Å². The van der Waals surface area contributed by atoms with Crippen LogP contribution in [0.4, 0.5) is 0 Å². The molecule has 0 bridgehead atoms. The highest BCUT2D eigenvalue weighted by atomic mass is 17.1. The molecule has 0 aliphatic heterocycles. The summed E-state index contributed by atoms with van der Waals surface area (Å²) in [5, 5.41) is 8.60. The van der Waals surface area contributed by atoms with Gasteiger partial charge in [0.1, 0.15) is 0 Å². The van der Waals surface area contributed by atoms with Crippen LogP contribution in [0.5, 0.6) is 0 Å². The fourth-order valence-corrected chi connectivity index (χ4v) is 1.72. The second-order valence-corrected chi connectivity index (χ2v) is 4.07. The fraction of sp³-hybridized carbons (Fsp3) is 1.00. The standard InChI is InChI=1S/C12H26O2/c1-3-5-6-7-8-9-11-12(14-13)10-4-2/h12-13H,3-11H2,1-2H3. The van der Waals surface area contributed by atoms with Crippen molar-refractivity contribution in [1.29, 1.82) is 0 Å². The Morgan fingerprint density at radius 3 is 2.07 bits per heavy atom. The maximum atomic E-state index is 8.60. The average Bonchev–Trinajstić information content (AvgIpc) is 2.21. The van der Waals surface area contributed by atoms with Gasteiger partial charge in [-0.25, -0.2) is 4.89 Å². The van der Waals surface area contributed by atoms with Gasteiger partial charge in [0.25, 0.3) is 0 Å². The zero-order valence-electron chi connectivity index (χ0n) is 9.80. The van der Waals surface area contributed by atoms with Gasteiger partial charge in [0.2, 0.25) is 0 Å². The Bertz CT molecular complexity index is 104. The molecule has 1 N–H and O–H groups in total. The number of hydrogen-bond donors (Lipinski definition) is 1. The van der Waals surface area contributed by atoms with E-state index in [-0.39, 0.29) is 6.10 Å². The Kier molecular flexibility index (Phi) is 10.9. The van der Waals surface area contributed by atoms with Crippen molar-refractivity contribution >= 4 is 0 Å². The van der Waals surface area contributed by atoms with Crippen LogP contribution in [0.25, 0.3) is 0 Å². The minimum Gasteiger partial charge on any atom is -0.252 e. The summed E-state index contributed by atoms with van der Waals surface area (Å²) in [7, 11) is 0. The summed E-state index contributed by atoms with van der Waals surface area (Å²) in [6.07, 6.45) is 11.0. The summed E-state index contributed by atoms with van der Waals surface area (Å²) in [4.78, 5) is 4.42. The molecule has 0 radical (unpaired) electrons. The van der Waals surface area contributed by atoms with E-state index in [0.717, 1.165) is 19.3 Å². The molecule has 0 aromatic rings. The van der Waals surface area contributed by atoms with Gasteiger partial charge in [-0.1, -0.05) is 58.8 Å². The normalized spacial score (nSPS) is 13.1. The largest absolute Gasteiger partial charge is 0.252 e. The van der Waals surface area contributed by atoms with E-state index in [9.17, 15) is 0 Å². The van der Waals surface area contributed by atoms with Crippen LogP contribution in [0.1, 0.15) is 71.6 Å². The summed E-state index contributed by atoms with van der Waals surface area (Å²) >= 11 is 0. The van der Waals surface area contributed by atoms with E-state index in [0.29, 0.717) is 0 Å². The second-order valence-electron chi connectivity index (χ2n) is 4.07. The van der Waals surface area contributed by atoms with Crippen LogP contribution in [0.3, 0.4) is 0 Å². The van der Waals surface area contributed by atoms with Crippen molar-refractivity contribution in [2.24, 2.45) is 0 Å². The van der Waals surface area contributed by atoms with E-state index in [1.165, 1.54) is 38.5 Å². The van der Waals surface area contributed by atoms with Crippen LogP contribution in [-0.2, 0) is 4.89 Å². The maximum Gasteiger partial charge on any atom is 0.0927 e. The molecule has 1 atom stereocenters. The number of unbranched alkanes of at least 4 members (excludes halogenated alkanes) is 5. The Balaban J connectivity index is 3.15. The first kappa shape index (κ1) is 13.9. The molecule has 0 spiro atoms. The molecule has 0 rings (SSSR count). The van der Waals surface area contributed by atoms with E-state index >= 15 is 0 Å². The molecule has 2 nitrogen and oxygen atoms in total. The lowest BCUT2D eigenvalue weighted by atomic mass is 10.0. The first-order valence-corrected chi connectivity index (χ1v) is 6.15.